The molecule has 2 aromatic carbocycles. The number of hydrogen-bond donors (Lipinski definition) is 2. The highest BCUT2D eigenvalue weighted by molar-refractivity contribution is 5.79. The normalized spacial score (nSPS) is 12.0. The van der Waals surface area contributed by atoms with E-state index in [4.69, 9.17) is 4.74 Å². The molecule has 0 saturated carbocycles. The quantitative estimate of drug-likeness (QED) is 0.436. The van der Waals surface area contributed by atoms with Crippen LogP contribution >= 0.6 is 0 Å². The number of hydrogen-bond acceptors (Lipinski definition) is 2. The van der Waals surface area contributed by atoms with Gasteiger partial charge in [0.25, 0.3) is 0 Å². The molecule has 0 bridgehead atoms. The topological polar surface area (TPSA) is 45.7 Å². The number of aliphatic imine (C=N–C) groups is 1. The van der Waals surface area contributed by atoms with Gasteiger partial charge in [0, 0.05) is 20.1 Å². The van der Waals surface area contributed by atoms with Gasteiger partial charge in [0.05, 0.1) is 0 Å². The highest BCUT2D eigenvalue weighted by Gasteiger charge is 2.28. The van der Waals surface area contributed by atoms with Crippen LogP contribution in [-0.2, 0) is 13.0 Å². The third-order valence-corrected chi connectivity index (χ3v) is 3.58. The molecule has 0 atom stereocenters. The zero-order valence-electron chi connectivity index (χ0n) is 14.8. The van der Waals surface area contributed by atoms with E-state index in [1.807, 2.05) is 6.07 Å². The smallest absolute Gasteiger partial charge is 0.422 e. The highest BCUT2D eigenvalue weighted by Crippen LogP contribution is 2.19. The SMILES string of the molecule is CN=C(NCCc1cccc(F)c1)NCc1cccc(OCC(F)(F)F)c1. The van der Waals surface area contributed by atoms with Crippen molar-refractivity contribution in [3.63, 3.8) is 0 Å². The van der Waals surface area contributed by atoms with Crippen molar-refractivity contribution in [2.45, 2.75) is 19.1 Å². The van der Waals surface area contributed by atoms with Gasteiger partial charge in [-0.3, -0.25) is 4.99 Å². The van der Waals surface area contributed by atoms with Crippen LogP contribution in [0.5, 0.6) is 5.75 Å². The van der Waals surface area contributed by atoms with E-state index in [-0.39, 0.29) is 11.6 Å². The van der Waals surface area contributed by atoms with Crippen LogP contribution in [0.3, 0.4) is 0 Å². The zero-order valence-corrected chi connectivity index (χ0v) is 14.8. The van der Waals surface area contributed by atoms with Crippen LogP contribution in [0.25, 0.3) is 0 Å². The average molecular weight is 383 g/mol. The predicted molar refractivity (Wildman–Crippen MR) is 96.3 cm³/mol. The van der Waals surface area contributed by atoms with E-state index in [0.29, 0.717) is 25.5 Å². The van der Waals surface area contributed by atoms with Crippen LogP contribution in [0.2, 0.25) is 0 Å². The molecular weight excluding hydrogens is 362 g/mol. The highest BCUT2D eigenvalue weighted by atomic mass is 19.4. The number of alkyl halides is 3. The summed E-state index contributed by atoms with van der Waals surface area (Å²) in [5.74, 6) is 0.413. The van der Waals surface area contributed by atoms with Crippen molar-refractivity contribution in [2.24, 2.45) is 4.99 Å². The fraction of sp³-hybridized carbons (Fsp3) is 0.316. The van der Waals surface area contributed by atoms with E-state index in [0.717, 1.165) is 11.1 Å². The maximum absolute atomic E-state index is 13.2. The van der Waals surface area contributed by atoms with Crippen LogP contribution in [0.1, 0.15) is 11.1 Å². The lowest BCUT2D eigenvalue weighted by atomic mass is 10.1. The summed E-state index contributed by atoms with van der Waals surface area (Å²) < 4.78 is 54.6. The second kappa shape index (κ2) is 9.80. The van der Waals surface area contributed by atoms with E-state index >= 15 is 0 Å². The van der Waals surface area contributed by atoms with Crippen LogP contribution in [0.4, 0.5) is 17.6 Å². The van der Waals surface area contributed by atoms with Crippen LogP contribution in [0, 0.1) is 5.82 Å². The fourth-order valence-corrected chi connectivity index (χ4v) is 2.33. The van der Waals surface area contributed by atoms with Gasteiger partial charge in [0.1, 0.15) is 11.6 Å². The van der Waals surface area contributed by atoms with Gasteiger partial charge in [0.2, 0.25) is 0 Å². The minimum atomic E-state index is -4.37. The standard InChI is InChI=1S/C19H21F4N3O/c1-24-18(25-9-8-14-4-2-6-16(20)10-14)26-12-15-5-3-7-17(11-15)27-13-19(21,22)23/h2-7,10-11H,8-9,12-13H2,1H3,(H2,24,25,26). The first kappa shape index (κ1) is 20.5. The van der Waals surface area contributed by atoms with Crippen LogP contribution in [0.15, 0.2) is 53.5 Å². The molecule has 4 nitrogen and oxygen atoms in total. The Bertz CT molecular complexity index is 763. The van der Waals surface area contributed by atoms with Gasteiger partial charge in [0.15, 0.2) is 12.6 Å². The van der Waals surface area contributed by atoms with E-state index in [1.165, 1.54) is 18.2 Å². The molecular formula is C19H21F4N3O. The average Bonchev–Trinajstić information content (AvgIpc) is 2.63. The lowest BCUT2D eigenvalue weighted by molar-refractivity contribution is -0.153. The molecule has 0 aromatic heterocycles. The fourth-order valence-electron chi connectivity index (χ4n) is 2.33. The van der Waals surface area contributed by atoms with Crippen LogP contribution in [-0.4, -0.2) is 32.3 Å². The maximum Gasteiger partial charge on any atom is 0.422 e. The molecule has 146 valence electrons. The molecule has 0 spiro atoms. The molecule has 2 rings (SSSR count). The molecule has 0 aliphatic heterocycles. The summed E-state index contributed by atoms with van der Waals surface area (Å²) in [6, 6.07) is 12.8. The first-order valence-corrected chi connectivity index (χ1v) is 8.33. The summed E-state index contributed by atoms with van der Waals surface area (Å²) in [5.41, 5.74) is 1.62. The molecule has 0 amide bonds. The summed E-state index contributed by atoms with van der Waals surface area (Å²) in [5, 5.41) is 6.17. The number of rotatable bonds is 7. The van der Waals surface area contributed by atoms with Gasteiger partial charge in [-0.2, -0.15) is 13.2 Å². The second-order valence-corrected chi connectivity index (χ2v) is 5.78. The molecule has 0 heterocycles. The van der Waals surface area contributed by atoms with Gasteiger partial charge >= 0.3 is 6.18 Å². The molecule has 8 heteroatoms. The Balaban J connectivity index is 1.80. The number of nitrogens with one attached hydrogen (secondary N) is 2. The lowest BCUT2D eigenvalue weighted by Crippen LogP contribution is -2.37. The Morgan fingerprint density at radius 3 is 2.48 bits per heavy atom. The summed E-state index contributed by atoms with van der Waals surface area (Å²) in [7, 11) is 1.61. The largest absolute Gasteiger partial charge is 0.484 e. The minimum absolute atomic E-state index is 0.153. The molecule has 0 radical (unpaired) electrons. The van der Waals surface area contributed by atoms with Crippen molar-refractivity contribution in [3.05, 3.63) is 65.5 Å². The van der Waals surface area contributed by atoms with Gasteiger partial charge in [-0.05, 0) is 41.8 Å². The first-order chi connectivity index (χ1) is 12.9. The van der Waals surface area contributed by atoms with Crippen molar-refractivity contribution in [2.75, 3.05) is 20.2 Å². The van der Waals surface area contributed by atoms with E-state index < -0.39 is 12.8 Å². The van der Waals surface area contributed by atoms with E-state index in [2.05, 4.69) is 15.6 Å². The summed E-state index contributed by atoms with van der Waals surface area (Å²) in [6.07, 6.45) is -3.75. The number of ether oxygens (including phenoxy) is 1. The molecule has 0 unspecified atom stereocenters. The van der Waals surface area contributed by atoms with Crippen LogP contribution < -0.4 is 15.4 Å². The number of nitrogens with zero attached hydrogens (tertiary/aromatic N) is 1. The van der Waals surface area contributed by atoms with Crippen molar-refractivity contribution in [1.29, 1.82) is 0 Å². The number of guanidine groups is 1. The van der Waals surface area contributed by atoms with Gasteiger partial charge in [-0.15, -0.1) is 0 Å². The number of benzene rings is 2. The third-order valence-electron chi connectivity index (χ3n) is 3.58. The molecule has 0 aliphatic rings. The molecule has 0 aliphatic carbocycles. The number of halogens is 4. The third kappa shape index (κ3) is 7.98. The summed E-state index contributed by atoms with van der Waals surface area (Å²) in [6.45, 7) is -0.409. The molecule has 2 N–H and O–H groups in total. The Hall–Kier alpha value is -2.77. The van der Waals surface area contributed by atoms with Gasteiger partial charge in [-0.25, -0.2) is 4.39 Å². The lowest BCUT2D eigenvalue weighted by Gasteiger charge is -2.13. The molecule has 2 aromatic rings. The zero-order chi connectivity index (χ0) is 19.7. The van der Waals surface area contributed by atoms with Gasteiger partial charge < -0.3 is 15.4 Å². The molecule has 27 heavy (non-hydrogen) atoms. The second-order valence-electron chi connectivity index (χ2n) is 5.78. The Morgan fingerprint density at radius 1 is 1.04 bits per heavy atom. The Morgan fingerprint density at radius 2 is 1.78 bits per heavy atom. The van der Waals surface area contributed by atoms with Crippen molar-refractivity contribution in [1.82, 2.24) is 10.6 Å². The summed E-state index contributed by atoms with van der Waals surface area (Å²) in [4.78, 5) is 4.08. The maximum atomic E-state index is 13.2. The molecule has 0 saturated heterocycles. The Labute approximate surface area is 155 Å². The predicted octanol–water partition coefficient (Wildman–Crippen LogP) is 3.67. The monoisotopic (exact) mass is 383 g/mol. The summed E-state index contributed by atoms with van der Waals surface area (Å²) >= 11 is 0. The van der Waals surface area contributed by atoms with Crippen molar-refractivity contribution >= 4 is 5.96 Å². The molecule has 0 fully saturated rings. The minimum Gasteiger partial charge on any atom is -0.484 e. The Kier molecular flexibility index (Phi) is 7.45. The van der Waals surface area contributed by atoms with Crippen molar-refractivity contribution in [3.8, 4) is 5.75 Å². The van der Waals surface area contributed by atoms with Crippen molar-refractivity contribution < 1.29 is 22.3 Å². The first-order valence-electron chi connectivity index (χ1n) is 8.33. The van der Waals surface area contributed by atoms with E-state index in [9.17, 15) is 17.6 Å². The van der Waals surface area contributed by atoms with E-state index in [1.54, 1.807) is 31.3 Å². The van der Waals surface area contributed by atoms with Gasteiger partial charge in [-0.1, -0.05) is 24.3 Å².